The molecule has 0 aromatic carbocycles. The van der Waals surface area contributed by atoms with Gasteiger partial charge in [-0.15, -0.1) is 0 Å². The first-order valence-corrected chi connectivity index (χ1v) is 27.0. The van der Waals surface area contributed by atoms with Crippen molar-refractivity contribution >= 4 is 0 Å². The molecule has 68 heavy (non-hydrogen) atoms. The molecule has 4 saturated carbocycles. The van der Waals surface area contributed by atoms with Gasteiger partial charge < -0.3 is 37.9 Å². The maximum atomic E-state index is 6.22. The Kier molecular flexibility index (Phi) is 10.7. The summed E-state index contributed by atoms with van der Waals surface area (Å²) in [5, 5.41) is 8.63. The number of hydrogen-bond acceptors (Lipinski definition) is 16. The molecule has 0 N–H and O–H groups in total. The molecule has 12 heterocycles. The van der Waals surface area contributed by atoms with Crippen LogP contribution in [0, 0.1) is 23.7 Å². The number of rotatable bonds is 4. The van der Waals surface area contributed by atoms with Crippen LogP contribution >= 0.6 is 0 Å². The van der Waals surface area contributed by atoms with Gasteiger partial charge in [0.15, 0.2) is 0 Å². The van der Waals surface area contributed by atoms with Crippen LogP contribution < -0.4 is 0 Å². The van der Waals surface area contributed by atoms with Gasteiger partial charge in [0.2, 0.25) is 0 Å². The topological polar surface area (TPSA) is 124 Å². The molecule has 0 radical (unpaired) electrons. The predicted octanol–water partition coefficient (Wildman–Crippen LogP) is 5.39. The van der Waals surface area contributed by atoms with Gasteiger partial charge in [0.1, 0.15) is 48.8 Å². The lowest BCUT2D eigenvalue weighted by Crippen LogP contribution is -2.50. The second kappa shape index (κ2) is 15.5. The Hall–Kier alpha value is -0.640. The van der Waals surface area contributed by atoms with Crippen LogP contribution in [0.4, 0.5) is 0 Å². The van der Waals surface area contributed by atoms with E-state index in [9.17, 15) is 0 Å². The SMILES string of the molecule is CC(C)(C)O[C@@H]1[C@H]2[C@H]3CO[C@@H]1CN2OC31CC1.CC(C)(C)O[C@@H]1[C@H]2[C@H]3CO[C@@H]1CN2OC31CC1.CC(C)(C)O[C@@H]1[C@H]2[C@H]3CO[C@@H]1CN2OC31CC1.CC(C)(C)O[C@@H]1[C@H]2[C@H]3CO[C@@H]1CN2OC31CC1. The van der Waals surface area contributed by atoms with Crippen molar-refractivity contribution < 1.29 is 57.2 Å². The molecule has 0 unspecified atom stereocenters. The number of ether oxygens (including phenoxy) is 8. The predicted molar refractivity (Wildman–Crippen MR) is 246 cm³/mol. The Balaban J connectivity index is 0.0000000896. The Labute approximate surface area is 404 Å². The first-order chi connectivity index (χ1) is 31.9. The second-order valence-electron chi connectivity index (χ2n) is 27.7. The van der Waals surface area contributed by atoms with Gasteiger partial charge >= 0.3 is 0 Å². The third-order valence-electron chi connectivity index (χ3n) is 18.0. The van der Waals surface area contributed by atoms with Gasteiger partial charge in [0.05, 0.1) is 122 Å². The Morgan fingerprint density at radius 2 is 0.515 bits per heavy atom. The fourth-order valence-electron chi connectivity index (χ4n) is 14.8. The average molecular weight is 957 g/mol. The highest BCUT2D eigenvalue weighted by molar-refractivity contribution is 5.19. The minimum Gasteiger partial charge on any atom is -0.374 e. The molecule has 12 saturated heterocycles. The van der Waals surface area contributed by atoms with Crippen LogP contribution in [0.3, 0.4) is 0 Å². The van der Waals surface area contributed by atoms with Crippen LogP contribution in [0.2, 0.25) is 0 Å². The van der Waals surface area contributed by atoms with Crippen molar-refractivity contribution in [1.82, 2.24) is 20.3 Å². The summed E-state index contributed by atoms with van der Waals surface area (Å²) in [6.45, 7) is 32.3. The molecule has 16 atom stereocenters. The molecule has 4 aliphatic carbocycles. The van der Waals surface area contributed by atoms with Crippen LogP contribution in [0.25, 0.3) is 0 Å². The van der Waals surface area contributed by atoms with Gasteiger partial charge in [-0.3, -0.25) is 19.4 Å². The van der Waals surface area contributed by atoms with Crippen molar-refractivity contribution in [2.75, 3.05) is 52.6 Å². The fourth-order valence-corrected chi connectivity index (χ4v) is 14.8. The first kappa shape index (κ1) is 47.1. The summed E-state index contributed by atoms with van der Waals surface area (Å²) in [5.41, 5.74) is 0.0517. The first-order valence-electron chi connectivity index (χ1n) is 27.0. The summed E-state index contributed by atoms with van der Waals surface area (Å²) in [6.07, 6.45) is 11.1. The molecular formula is C52H84N4O12. The van der Waals surface area contributed by atoms with E-state index in [0.29, 0.717) is 47.8 Å². The van der Waals surface area contributed by atoms with E-state index in [-0.39, 0.29) is 93.6 Å². The number of nitrogens with zero attached hydrogens (tertiary/aromatic N) is 4. The number of hydrogen-bond donors (Lipinski definition) is 0. The van der Waals surface area contributed by atoms with Crippen LogP contribution in [-0.2, 0) is 57.2 Å². The normalized spacial score (nSPS) is 46.8. The molecule has 16 nitrogen and oxygen atoms in total. The van der Waals surface area contributed by atoms with E-state index in [4.69, 9.17) is 57.2 Å². The Bertz CT molecular complexity index is 1660. The monoisotopic (exact) mass is 957 g/mol. The molecule has 16 aliphatic rings. The summed E-state index contributed by atoms with van der Waals surface area (Å²) in [4.78, 5) is 24.5. The highest BCUT2D eigenvalue weighted by Crippen LogP contribution is 2.62. The molecule has 4 spiro atoms. The molecular weight excluding hydrogens is 873 g/mol. The molecule has 0 amide bonds. The van der Waals surface area contributed by atoms with Gasteiger partial charge in [-0.1, -0.05) is 0 Å². The minimum absolute atomic E-state index is 0.108. The second-order valence-corrected chi connectivity index (χ2v) is 27.7. The standard InChI is InChI=1S/4C13H21NO3/c4*1-12(2,3)16-11-9-6-14-10(11)8(7-15-9)13(17-14)4-5-13/h4*8-11H,4-7H2,1-3H3/t4*8-,9-,10-,11+/m1111/s1. The fraction of sp³-hybridized carbons (Fsp3) is 1.00. The lowest BCUT2D eigenvalue weighted by molar-refractivity contribution is -0.176. The van der Waals surface area contributed by atoms with Crippen molar-refractivity contribution in [3.8, 4) is 0 Å². The van der Waals surface area contributed by atoms with Crippen molar-refractivity contribution in [2.24, 2.45) is 23.7 Å². The number of fused-ring (bicyclic) bond motifs is 8. The van der Waals surface area contributed by atoms with Crippen molar-refractivity contribution in [1.29, 1.82) is 0 Å². The van der Waals surface area contributed by atoms with Crippen LogP contribution in [-0.4, -0.2) is 191 Å². The van der Waals surface area contributed by atoms with Crippen molar-refractivity contribution in [2.45, 2.75) is 252 Å². The minimum atomic E-state index is -0.108. The lowest BCUT2D eigenvalue weighted by Gasteiger charge is -2.38. The molecule has 0 aromatic heterocycles. The van der Waals surface area contributed by atoms with Crippen LogP contribution in [0.5, 0.6) is 0 Å². The van der Waals surface area contributed by atoms with Gasteiger partial charge in [-0.25, -0.2) is 0 Å². The molecule has 8 bridgehead atoms. The van der Waals surface area contributed by atoms with Crippen molar-refractivity contribution in [3.05, 3.63) is 0 Å². The average Bonchev–Trinajstić information content (AvgIpc) is 4.09. The van der Waals surface area contributed by atoms with E-state index in [1.165, 1.54) is 51.4 Å². The zero-order chi connectivity index (χ0) is 47.3. The Morgan fingerprint density at radius 3 is 0.676 bits per heavy atom. The number of hydroxylamine groups is 8. The molecule has 12 aliphatic heterocycles. The summed E-state index contributed by atoms with van der Waals surface area (Å²) < 4.78 is 48.8. The van der Waals surface area contributed by atoms with E-state index < -0.39 is 0 Å². The third-order valence-corrected chi connectivity index (χ3v) is 18.0. The smallest absolute Gasteiger partial charge is 0.104 e. The van der Waals surface area contributed by atoms with Gasteiger partial charge in [0.25, 0.3) is 0 Å². The molecule has 384 valence electrons. The third kappa shape index (κ3) is 8.05. The summed E-state index contributed by atoms with van der Waals surface area (Å²) in [6, 6.07) is 1.71. The van der Waals surface area contributed by atoms with E-state index in [1.807, 2.05) is 0 Å². The zero-order valence-electron chi connectivity index (χ0n) is 43.2. The molecule has 16 fully saturated rings. The Morgan fingerprint density at radius 1 is 0.324 bits per heavy atom. The van der Waals surface area contributed by atoms with Gasteiger partial charge in [0, 0.05) is 23.7 Å². The quantitative estimate of drug-likeness (QED) is 0.358. The van der Waals surface area contributed by atoms with E-state index in [2.05, 4.69) is 103 Å². The molecule has 16 rings (SSSR count). The highest BCUT2D eigenvalue weighted by Gasteiger charge is 2.73. The van der Waals surface area contributed by atoms with E-state index in [1.54, 1.807) is 0 Å². The maximum Gasteiger partial charge on any atom is 0.104 e. The van der Waals surface area contributed by atoms with Gasteiger partial charge in [-0.2, -0.15) is 20.3 Å². The zero-order valence-corrected chi connectivity index (χ0v) is 43.2. The summed E-state index contributed by atoms with van der Waals surface area (Å²) in [7, 11) is 0. The van der Waals surface area contributed by atoms with E-state index >= 15 is 0 Å². The summed E-state index contributed by atoms with van der Waals surface area (Å²) in [5.74, 6) is 2.09. The van der Waals surface area contributed by atoms with Crippen molar-refractivity contribution in [3.63, 3.8) is 0 Å². The van der Waals surface area contributed by atoms with Crippen LogP contribution in [0.1, 0.15) is 134 Å². The summed E-state index contributed by atoms with van der Waals surface area (Å²) >= 11 is 0. The molecule has 16 heteroatoms. The van der Waals surface area contributed by atoms with E-state index in [0.717, 1.165) is 52.6 Å². The van der Waals surface area contributed by atoms with Crippen LogP contribution in [0.15, 0.2) is 0 Å². The highest BCUT2D eigenvalue weighted by atomic mass is 16.7. The van der Waals surface area contributed by atoms with Gasteiger partial charge in [-0.05, 0) is 134 Å². The molecule has 0 aromatic rings. The lowest BCUT2D eigenvalue weighted by atomic mass is 9.88. The maximum absolute atomic E-state index is 6.22. The largest absolute Gasteiger partial charge is 0.374 e.